The van der Waals surface area contributed by atoms with E-state index in [4.69, 9.17) is 4.74 Å². The highest BCUT2D eigenvalue weighted by atomic mass is 32.2. The van der Waals surface area contributed by atoms with Crippen LogP contribution in [-0.4, -0.2) is 54.5 Å². The van der Waals surface area contributed by atoms with Crippen LogP contribution in [0.1, 0.15) is 0 Å². The summed E-state index contributed by atoms with van der Waals surface area (Å²) in [4.78, 5) is 13.2. The van der Waals surface area contributed by atoms with Gasteiger partial charge in [0.25, 0.3) is 0 Å². The summed E-state index contributed by atoms with van der Waals surface area (Å²) in [5.41, 5.74) is 0.640. The van der Waals surface area contributed by atoms with Crippen molar-refractivity contribution in [3.05, 3.63) is 36.9 Å². The highest BCUT2D eigenvalue weighted by molar-refractivity contribution is 7.90. The Kier molecular flexibility index (Phi) is 4.45. The molecule has 0 spiro atoms. The van der Waals surface area contributed by atoms with Crippen molar-refractivity contribution in [1.29, 1.82) is 0 Å². The van der Waals surface area contributed by atoms with Gasteiger partial charge in [-0.2, -0.15) is 4.98 Å². The molecule has 2 heterocycles. The second-order valence-corrected chi connectivity index (χ2v) is 7.23. The zero-order valence-electron chi connectivity index (χ0n) is 13.3. The fourth-order valence-corrected chi connectivity index (χ4v) is 2.87. The number of sulfone groups is 1. The third-order valence-electron chi connectivity index (χ3n) is 3.42. The van der Waals surface area contributed by atoms with Crippen LogP contribution in [0.2, 0.25) is 0 Å². The number of methoxy groups -OCH3 is 1. The Morgan fingerprint density at radius 2 is 2.12 bits per heavy atom. The summed E-state index contributed by atoms with van der Waals surface area (Å²) >= 11 is 0. The van der Waals surface area contributed by atoms with Gasteiger partial charge in [-0.3, -0.25) is 4.57 Å². The predicted octanol–water partition coefficient (Wildman–Crippen LogP) is 1.28. The third-order valence-corrected chi connectivity index (χ3v) is 4.53. The molecule has 9 heteroatoms. The number of rotatable bonds is 6. The van der Waals surface area contributed by atoms with Gasteiger partial charge in [0.05, 0.1) is 17.0 Å². The molecule has 3 rings (SSSR count). The average Bonchev–Trinajstić information content (AvgIpc) is 3.08. The molecule has 8 nitrogen and oxygen atoms in total. The molecule has 126 valence electrons. The minimum atomic E-state index is -3.31. The molecule has 24 heavy (non-hydrogen) atoms. The number of nitrogens with zero attached hydrogens (tertiary/aromatic N) is 4. The molecule has 3 aromatic rings. The van der Waals surface area contributed by atoms with Crippen LogP contribution in [0.25, 0.3) is 16.9 Å². The number of fused-ring (bicyclic) bond motifs is 1. The Bertz CT molecular complexity index is 955. The minimum Gasteiger partial charge on any atom is -0.383 e. The summed E-state index contributed by atoms with van der Waals surface area (Å²) in [5, 5.41) is 3.80. The lowest BCUT2D eigenvalue weighted by atomic mass is 10.2. The van der Waals surface area contributed by atoms with Crippen LogP contribution < -0.4 is 5.32 Å². The molecular weight excluding hydrogens is 330 g/mol. The number of ether oxygens (including phenoxy) is 1. The van der Waals surface area contributed by atoms with Crippen molar-refractivity contribution in [3.63, 3.8) is 0 Å². The Hall–Kier alpha value is -2.52. The first-order chi connectivity index (χ1) is 11.5. The molecule has 0 aliphatic carbocycles. The quantitative estimate of drug-likeness (QED) is 0.671. The van der Waals surface area contributed by atoms with E-state index >= 15 is 0 Å². The molecule has 0 saturated heterocycles. The highest BCUT2D eigenvalue weighted by Gasteiger charge is 2.13. The first-order valence-corrected chi connectivity index (χ1v) is 9.11. The van der Waals surface area contributed by atoms with Gasteiger partial charge in [-0.05, 0) is 18.2 Å². The van der Waals surface area contributed by atoms with Crippen molar-refractivity contribution in [1.82, 2.24) is 19.5 Å². The van der Waals surface area contributed by atoms with Gasteiger partial charge in [0.15, 0.2) is 9.84 Å². The van der Waals surface area contributed by atoms with Gasteiger partial charge in [-0.15, -0.1) is 0 Å². The molecule has 0 radical (unpaired) electrons. The Morgan fingerprint density at radius 1 is 1.29 bits per heavy atom. The predicted molar refractivity (Wildman–Crippen MR) is 90.1 cm³/mol. The summed E-state index contributed by atoms with van der Waals surface area (Å²) in [7, 11) is -1.70. The molecule has 0 amide bonds. The number of benzene rings is 1. The van der Waals surface area contributed by atoms with Gasteiger partial charge in [0, 0.05) is 37.7 Å². The van der Waals surface area contributed by atoms with E-state index in [0.717, 1.165) is 0 Å². The van der Waals surface area contributed by atoms with E-state index in [1.807, 2.05) is 0 Å². The van der Waals surface area contributed by atoms with Gasteiger partial charge < -0.3 is 10.1 Å². The van der Waals surface area contributed by atoms with E-state index in [2.05, 4.69) is 20.3 Å². The van der Waals surface area contributed by atoms with Crippen LogP contribution in [0.3, 0.4) is 0 Å². The first kappa shape index (κ1) is 16.3. The van der Waals surface area contributed by atoms with Crippen LogP contribution >= 0.6 is 0 Å². The van der Waals surface area contributed by atoms with E-state index in [-0.39, 0.29) is 4.90 Å². The molecule has 1 N–H and O–H groups in total. The summed E-state index contributed by atoms with van der Waals surface area (Å²) in [6, 6.07) is 4.80. The van der Waals surface area contributed by atoms with E-state index in [1.54, 1.807) is 48.6 Å². The molecule has 0 atom stereocenters. The van der Waals surface area contributed by atoms with Crippen molar-refractivity contribution in [2.24, 2.45) is 0 Å². The number of hydrogen-bond acceptors (Lipinski definition) is 7. The lowest BCUT2D eigenvalue weighted by molar-refractivity contribution is 0.210. The standard InChI is InChI=1S/C15H17N5O3S/c1-23-8-6-17-14-12-9-11(24(2,21)22)3-4-13(12)18-15(19-14)20-7-5-16-10-20/h3-5,7,9-10H,6,8H2,1-2H3,(H,17,18,19). The van der Waals surface area contributed by atoms with E-state index in [9.17, 15) is 8.42 Å². The van der Waals surface area contributed by atoms with Crippen LogP contribution in [0.5, 0.6) is 0 Å². The maximum Gasteiger partial charge on any atom is 0.237 e. The zero-order valence-corrected chi connectivity index (χ0v) is 14.1. The summed E-state index contributed by atoms with van der Waals surface area (Å²) in [6.45, 7) is 1.03. The van der Waals surface area contributed by atoms with Gasteiger partial charge in [0.1, 0.15) is 12.1 Å². The summed E-state index contributed by atoms with van der Waals surface area (Å²) in [6.07, 6.45) is 6.15. The van der Waals surface area contributed by atoms with E-state index in [1.165, 1.54) is 6.26 Å². The minimum absolute atomic E-state index is 0.226. The molecule has 1 aromatic carbocycles. The van der Waals surface area contributed by atoms with Crippen LogP contribution in [0.15, 0.2) is 41.8 Å². The second-order valence-electron chi connectivity index (χ2n) is 5.21. The van der Waals surface area contributed by atoms with E-state index in [0.29, 0.717) is 35.8 Å². The monoisotopic (exact) mass is 347 g/mol. The Labute approximate surface area is 139 Å². The Balaban J connectivity index is 2.15. The maximum absolute atomic E-state index is 11.8. The number of nitrogens with one attached hydrogen (secondary N) is 1. The van der Waals surface area contributed by atoms with Crippen molar-refractivity contribution in [2.75, 3.05) is 31.8 Å². The summed E-state index contributed by atoms with van der Waals surface area (Å²) in [5.74, 6) is 0.998. The van der Waals surface area contributed by atoms with Gasteiger partial charge in [-0.25, -0.2) is 18.4 Å². The number of anilines is 1. The topological polar surface area (TPSA) is 99.0 Å². The molecule has 0 aliphatic rings. The molecule has 0 fully saturated rings. The number of imidazole rings is 1. The zero-order chi connectivity index (χ0) is 17.2. The lowest BCUT2D eigenvalue weighted by Gasteiger charge is -2.11. The van der Waals surface area contributed by atoms with Gasteiger partial charge in [0.2, 0.25) is 5.95 Å². The summed E-state index contributed by atoms with van der Waals surface area (Å²) < 4.78 is 30.3. The molecule has 0 saturated carbocycles. The number of hydrogen-bond donors (Lipinski definition) is 1. The highest BCUT2D eigenvalue weighted by Crippen LogP contribution is 2.24. The normalized spacial score (nSPS) is 11.8. The van der Waals surface area contributed by atoms with Crippen molar-refractivity contribution in [3.8, 4) is 5.95 Å². The molecule has 0 aliphatic heterocycles. The average molecular weight is 347 g/mol. The molecule has 0 unspecified atom stereocenters. The fraction of sp³-hybridized carbons (Fsp3) is 0.267. The van der Waals surface area contributed by atoms with Crippen LogP contribution in [0, 0.1) is 0 Å². The lowest BCUT2D eigenvalue weighted by Crippen LogP contribution is -2.11. The van der Waals surface area contributed by atoms with Gasteiger partial charge >= 0.3 is 0 Å². The number of aromatic nitrogens is 4. The van der Waals surface area contributed by atoms with Crippen molar-refractivity contribution < 1.29 is 13.2 Å². The van der Waals surface area contributed by atoms with Crippen molar-refractivity contribution >= 4 is 26.6 Å². The van der Waals surface area contributed by atoms with Crippen molar-refractivity contribution in [2.45, 2.75) is 4.90 Å². The van der Waals surface area contributed by atoms with Gasteiger partial charge in [-0.1, -0.05) is 0 Å². The fourth-order valence-electron chi connectivity index (χ4n) is 2.23. The maximum atomic E-state index is 11.8. The second kappa shape index (κ2) is 6.54. The third kappa shape index (κ3) is 3.36. The smallest absolute Gasteiger partial charge is 0.237 e. The largest absolute Gasteiger partial charge is 0.383 e. The van der Waals surface area contributed by atoms with E-state index < -0.39 is 9.84 Å². The molecular formula is C15H17N5O3S. The SMILES string of the molecule is COCCNc1nc(-n2ccnc2)nc2ccc(S(C)(=O)=O)cc12. The first-order valence-electron chi connectivity index (χ1n) is 7.22. The molecule has 0 bridgehead atoms. The van der Waals surface area contributed by atoms with Crippen LogP contribution in [-0.2, 0) is 14.6 Å². The Morgan fingerprint density at radius 3 is 2.79 bits per heavy atom. The molecule has 2 aromatic heterocycles. The van der Waals surface area contributed by atoms with Crippen LogP contribution in [0.4, 0.5) is 5.82 Å².